The van der Waals surface area contributed by atoms with Crippen LogP contribution < -0.4 is 15.0 Å². The monoisotopic (exact) mass is 320 g/mol. The number of amides is 2. The molecule has 2 amide bonds. The molecule has 1 aromatic carbocycles. The number of hydrogen-bond acceptors (Lipinski definition) is 4. The maximum absolute atomic E-state index is 12.1. The van der Waals surface area contributed by atoms with Crippen molar-refractivity contribution in [1.29, 1.82) is 0 Å². The van der Waals surface area contributed by atoms with Crippen molar-refractivity contribution in [3.8, 4) is 5.75 Å². The Kier molecular flexibility index (Phi) is 5.98. The first-order chi connectivity index (χ1) is 11.0. The van der Waals surface area contributed by atoms with E-state index in [4.69, 9.17) is 9.47 Å². The van der Waals surface area contributed by atoms with E-state index >= 15 is 0 Å². The molecule has 0 saturated carbocycles. The van der Waals surface area contributed by atoms with Crippen molar-refractivity contribution in [2.45, 2.75) is 26.4 Å². The molecule has 1 heterocycles. The summed E-state index contributed by atoms with van der Waals surface area (Å²) >= 11 is 0. The van der Waals surface area contributed by atoms with Gasteiger partial charge in [-0.15, -0.1) is 0 Å². The SMILES string of the molecule is COc1cccc(N2CC(CNC(=O)CC(C)C)OCC2=O)c1. The smallest absolute Gasteiger partial charge is 0.253 e. The standard InChI is InChI=1S/C17H24N2O4/c1-12(2)7-16(20)18-9-15-10-19(17(21)11-23-15)13-5-4-6-14(8-13)22-3/h4-6,8,12,15H,7,9-11H2,1-3H3,(H,18,20). The van der Waals surface area contributed by atoms with Crippen LogP contribution in [-0.2, 0) is 14.3 Å². The molecule has 1 aliphatic rings. The van der Waals surface area contributed by atoms with Crippen molar-refractivity contribution in [3.05, 3.63) is 24.3 Å². The second-order valence-corrected chi connectivity index (χ2v) is 6.04. The highest BCUT2D eigenvalue weighted by molar-refractivity contribution is 5.95. The fourth-order valence-electron chi connectivity index (χ4n) is 2.45. The van der Waals surface area contributed by atoms with Gasteiger partial charge in [0.15, 0.2) is 0 Å². The third-order valence-electron chi connectivity index (χ3n) is 3.62. The van der Waals surface area contributed by atoms with Gasteiger partial charge in [0.25, 0.3) is 5.91 Å². The van der Waals surface area contributed by atoms with Crippen LogP contribution in [0.5, 0.6) is 5.75 Å². The van der Waals surface area contributed by atoms with Crippen LogP contribution in [0.4, 0.5) is 5.69 Å². The highest BCUT2D eigenvalue weighted by atomic mass is 16.5. The van der Waals surface area contributed by atoms with Gasteiger partial charge in [0.2, 0.25) is 5.91 Å². The number of carbonyl (C=O) groups is 2. The molecular weight excluding hydrogens is 296 g/mol. The topological polar surface area (TPSA) is 67.9 Å². The number of nitrogens with one attached hydrogen (secondary N) is 1. The van der Waals surface area contributed by atoms with Gasteiger partial charge in [-0.2, -0.15) is 0 Å². The number of carbonyl (C=O) groups excluding carboxylic acids is 2. The van der Waals surface area contributed by atoms with Crippen LogP contribution in [0.15, 0.2) is 24.3 Å². The van der Waals surface area contributed by atoms with Crippen LogP contribution in [0.2, 0.25) is 0 Å². The van der Waals surface area contributed by atoms with Crippen LogP contribution in [0.25, 0.3) is 0 Å². The van der Waals surface area contributed by atoms with Gasteiger partial charge in [0, 0.05) is 24.7 Å². The molecule has 126 valence electrons. The number of rotatable bonds is 6. The summed E-state index contributed by atoms with van der Waals surface area (Å²) in [6, 6.07) is 7.35. The Balaban J connectivity index is 1.96. The highest BCUT2D eigenvalue weighted by Crippen LogP contribution is 2.23. The molecule has 0 aliphatic carbocycles. The number of ether oxygens (including phenoxy) is 2. The van der Waals surface area contributed by atoms with Crippen LogP contribution >= 0.6 is 0 Å². The molecule has 6 heteroatoms. The Morgan fingerprint density at radius 3 is 2.96 bits per heavy atom. The lowest BCUT2D eigenvalue weighted by Gasteiger charge is -2.33. The van der Waals surface area contributed by atoms with E-state index in [9.17, 15) is 9.59 Å². The Bertz CT molecular complexity index is 559. The van der Waals surface area contributed by atoms with E-state index in [2.05, 4.69) is 5.32 Å². The second kappa shape index (κ2) is 7.97. The maximum atomic E-state index is 12.1. The van der Waals surface area contributed by atoms with E-state index < -0.39 is 0 Å². The summed E-state index contributed by atoms with van der Waals surface area (Å²) in [5.41, 5.74) is 0.774. The Labute approximate surface area is 136 Å². The molecule has 0 aromatic heterocycles. The van der Waals surface area contributed by atoms with Crippen LogP contribution in [0, 0.1) is 5.92 Å². The summed E-state index contributed by atoms with van der Waals surface area (Å²) in [7, 11) is 1.59. The van der Waals surface area contributed by atoms with Crippen molar-refractivity contribution in [1.82, 2.24) is 5.32 Å². The number of morpholine rings is 1. The lowest BCUT2D eigenvalue weighted by Crippen LogP contribution is -2.50. The lowest BCUT2D eigenvalue weighted by molar-refractivity contribution is -0.129. The summed E-state index contributed by atoms with van der Waals surface area (Å²) in [5, 5.41) is 2.87. The largest absolute Gasteiger partial charge is 0.497 e. The predicted octanol–water partition coefficient (Wildman–Crippen LogP) is 1.59. The highest BCUT2D eigenvalue weighted by Gasteiger charge is 2.27. The van der Waals surface area contributed by atoms with Gasteiger partial charge in [-0.1, -0.05) is 19.9 Å². The normalized spacial score (nSPS) is 18.2. The fraction of sp³-hybridized carbons (Fsp3) is 0.529. The molecule has 0 bridgehead atoms. The average Bonchev–Trinajstić information content (AvgIpc) is 2.53. The molecule has 0 spiro atoms. The van der Waals surface area contributed by atoms with E-state index in [-0.39, 0.29) is 24.5 Å². The number of methoxy groups -OCH3 is 1. The van der Waals surface area contributed by atoms with Crippen molar-refractivity contribution in [2.24, 2.45) is 5.92 Å². The third kappa shape index (κ3) is 4.96. The minimum Gasteiger partial charge on any atom is -0.497 e. The summed E-state index contributed by atoms with van der Waals surface area (Å²) in [4.78, 5) is 25.5. The van der Waals surface area contributed by atoms with Crippen molar-refractivity contribution in [2.75, 3.05) is 31.7 Å². The molecule has 6 nitrogen and oxygen atoms in total. The van der Waals surface area contributed by atoms with E-state index in [0.717, 1.165) is 5.69 Å². The first-order valence-corrected chi connectivity index (χ1v) is 7.82. The van der Waals surface area contributed by atoms with Crippen LogP contribution in [0.1, 0.15) is 20.3 Å². The Hall–Kier alpha value is -2.08. The van der Waals surface area contributed by atoms with E-state index in [0.29, 0.717) is 31.2 Å². The second-order valence-electron chi connectivity index (χ2n) is 6.04. The Morgan fingerprint density at radius 2 is 2.26 bits per heavy atom. The summed E-state index contributed by atoms with van der Waals surface area (Å²) in [6.45, 7) is 4.83. The molecule has 1 aromatic rings. The zero-order valence-corrected chi connectivity index (χ0v) is 13.9. The predicted molar refractivity (Wildman–Crippen MR) is 87.6 cm³/mol. The quantitative estimate of drug-likeness (QED) is 0.864. The molecule has 1 saturated heterocycles. The molecule has 1 aliphatic heterocycles. The molecular formula is C17H24N2O4. The molecule has 1 unspecified atom stereocenters. The van der Waals surface area contributed by atoms with Crippen molar-refractivity contribution in [3.63, 3.8) is 0 Å². The van der Waals surface area contributed by atoms with Gasteiger partial charge in [0.1, 0.15) is 12.4 Å². The Morgan fingerprint density at radius 1 is 1.48 bits per heavy atom. The van der Waals surface area contributed by atoms with Gasteiger partial charge in [-0.3, -0.25) is 9.59 Å². The number of nitrogens with zero attached hydrogens (tertiary/aromatic N) is 1. The van der Waals surface area contributed by atoms with Gasteiger partial charge in [0.05, 0.1) is 19.8 Å². The van der Waals surface area contributed by atoms with Crippen LogP contribution in [-0.4, -0.2) is 44.7 Å². The van der Waals surface area contributed by atoms with Gasteiger partial charge >= 0.3 is 0 Å². The molecule has 1 N–H and O–H groups in total. The number of benzene rings is 1. The molecule has 23 heavy (non-hydrogen) atoms. The minimum atomic E-state index is -0.213. The fourth-order valence-corrected chi connectivity index (χ4v) is 2.45. The zero-order valence-electron chi connectivity index (χ0n) is 13.9. The molecule has 1 atom stereocenters. The lowest BCUT2D eigenvalue weighted by atomic mass is 10.1. The zero-order chi connectivity index (χ0) is 16.8. The van der Waals surface area contributed by atoms with Gasteiger partial charge < -0.3 is 19.7 Å². The third-order valence-corrected chi connectivity index (χ3v) is 3.62. The van der Waals surface area contributed by atoms with Crippen molar-refractivity contribution >= 4 is 17.5 Å². The van der Waals surface area contributed by atoms with E-state index in [1.54, 1.807) is 12.0 Å². The first kappa shape index (κ1) is 17.3. The van der Waals surface area contributed by atoms with Crippen molar-refractivity contribution < 1.29 is 19.1 Å². The van der Waals surface area contributed by atoms with Gasteiger partial charge in [-0.05, 0) is 18.1 Å². The van der Waals surface area contributed by atoms with Crippen LogP contribution in [0.3, 0.4) is 0 Å². The minimum absolute atomic E-state index is 0.00781. The van der Waals surface area contributed by atoms with Gasteiger partial charge in [-0.25, -0.2) is 0 Å². The summed E-state index contributed by atoms with van der Waals surface area (Å²) in [6.07, 6.45) is 0.278. The number of anilines is 1. The maximum Gasteiger partial charge on any atom is 0.253 e. The molecule has 2 rings (SSSR count). The summed E-state index contributed by atoms with van der Waals surface area (Å²) in [5.74, 6) is 0.928. The van der Waals surface area contributed by atoms with E-state index in [1.807, 2.05) is 38.1 Å². The molecule has 1 fully saturated rings. The summed E-state index contributed by atoms with van der Waals surface area (Å²) < 4.78 is 10.7. The number of hydrogen-bond donors (Lipinski definition) is 1. The first-order valence-electron chi connectivity index (χ1n) is 7.82. The average molecular weight is 320 g/mol. The van der Waals surface area contributed by atoms with E-state index in [1.165, 1.54) is 0 Å². The molecule has 0 radical (unpaired) electrons.